The summed E-state index contributed by atoms with van der Waals surface area (Å²) >= 11 is 0. The lowest BCUT2D eigenvalue weighted by atomic mass is 10.1. The first-order valence-electron chi connectivity index (χ1n) is 6.83. The normalized spacial score (nSPS) is 17.5. The Balaban J connectivity index is 1.86. The van der Waals surface area contributed by atoms with Crippen LogP contribution in [0.25, 0.3) is 0 Å². The number of benzene rings is 1. The van der Waals surface area contributed by atoms with E-state index in [9.17, 15) is 8.42 Å². The summed E-state index contributed by atoms with van der Waals surface area (Å²) in [6.45, 7) is 4.13. The summed E-state index contributed by atoms with van der Waals surface area (Å²) in [6, 6.07) is 8.09. The first-order chi connectivity index (χ1) is 9.09. The van der Waals surface area contributed by atoms with Crippen molar-refractivity contribution in [3.8, 4) is 0 Å². The predicted octanol–water partition coefficient (Wildman–Crippen LogP) is 1.21. The molecule has 0 radical (unpaired) electrons. The molecule has 0 saturated carbocycles. The highest BCUT2D eigenvalue weighted by Gasteiger charge is 2.26. The van der Waals surface area contributed by atoms with Crippen LogP contribution in [0.4, 0.5) is 0 Å². The minimum atomic E-state index is -3.16. The molecule has 1 aliphatic rings. The molecule has 1 aromatic carbocycles. The van der Waals surface area contributed by atoms with Gasteiger partial charge in [0, 0.05) is 6.54 Å². The van der Waals surface area contributed by atoms with Crippen LogP contribution in [-0.4, -0.2) is 33.3 Å². The molecule has 0 spiro atoms. The van der Waals surface area contributed by atoms with Crippen LogP contribution in [0.1, 0.15) is 24.0 Å². The number of hydrogen-bond donors (Lipinski definition) is 2. The average molecular weight is 282 g/mol. The summed E-state index contributed by atoms with van der Waals surface area (Å²) in [4.78, 5) is 0. The Morgan fingerprint density at radius 1 is 1.26 bits per heavy atom. The number of aryl methyl sites for hydroxylation is 1. The van der Waals surface area contributed by atoms with E-state index in [1.807, 2.05) is 18.2 Å². The highest BCUT2D eigenvalue weighted by atomic mass is 32.2. The molecule has 0 atom stereocenters. The molecule has 1 aliphatic heterocycles. The second kappa shape index (κ2) is 6.50. The molecule has 0 amide bonds. The first-order valence-corrected chi connectivity index (χ1v) is 8.38. The average Bonchev–Trinajstić information content (AvgIpc) is 2.42. The summed E-state index contributed by atoms with van der Waals surface area (Å²) in [5.41, 5.74) is 2.42. The summed E-state index contributed by atoms with van der Waals surface area (Å²) in [6.07, 6.45) is 2.16. The van der Waals surface area contributed by atoms with Crippen molar-refractivity contribution in [1.82, 2.24) is 10.0 Å². The molecule has 5 heteroatoms. The fourth-order valence-corrected chi connectivity index (χ4v) is 3.92. The smallest absolute Gasteiger partial charge is 0.214 e. The highest BCUT2D eigenvalue weighted by Crippen LogP contribution is 2.12. The number of nitrogens with one attached hydrogen (secondary N) is 2. The fraction of sp³-hybridized carbons (Fsp3) is 0.571. The van der Waals surface area contributed by atoms with Gasteiger partial charge in [-0.3, -0.25) is 0 Å². The quantitative estimate of drug-likeness (QED) is 0.853. The summed E-state index contributed by atoms with van der Waals surface area (Å²) < 4.78 is 27.0. The van der Waals surface area contributed by atoms with Gasteiger partial charge in [0.05, 0.1) is 5.25 Å². The van der Waals surface area contributed by atoms with Gasteiger partial charge in [-0.15, -0.1) is 0 Å². The Bertz CT molecular complexity index is 508. The van der Waals surface area contributed by atoms with Gasteiger partial charge >= 0.3 is 0 Å². The molecule has 1 aromatic rings. The van der Waals surface area contributed by atoms with Gasteiger partial charge in [-0.25, -0.2) is 13.1 Å². The van der Waals surface area contributed by atoms with E-state index in [2.05, 4.69) is 23.0 Å². The maximum Gasteiger partial charge on any atom is 0.214 e. The minimum absolute atomic E-state index is 0.231. The maximum atomic E-state index is 12.1. The van der Waals surface area contributed by atoms with Crippen LogP contribution in [0.2, 0.25) is 0 Å². The van der Waals surface area contributed by atoms with Crippen molar-refractivity contribution in [3.05, 3.63) is 35.4 Å². The van der Waals surface area contributed by atoms with Crippen molar-refractivity contribution in [3.63, 3.8) is 0 Å². The Hall–Kier alpha value is -0.910. The zero-order valence-corrected chi connectivity index (χ0v) is 12.2. The molecule has 0 aliphatic carbocycles. The third-order valence-corrected chi connectivity index (χ3v) is 5.64. The van der Waals surface area contributed by atoms with Crippen LogP contribution < -0.4 is 10.0 Å². The lowest BCUT2D eigenvalue weighted by Gasteiger charge is -2.23. The molecule has 0 unspecified atom stereocenters. The lowest BCUT2D eigenvalue weighted by Crippen LogP contribution is -2.42. The minimum Gasteiger partial charge on any atom is -0.317 e. The van der Waals surface area contributed by atoms with Crippen LogP contribution in [-0.2, 0) is 16.4 Å². The van der Waals surface area contributed by atoms with Gasteiger partial charge in [0.1, 0.15) is 0 Å². The Morgan fingerprint density at radius 2 is 1.95 bits per heavy atom. The first kappa shape index (κ1) is 14.5. The van der Waals surface area contributed by atoms with Gasteiger partial charge < -0.3 is 5.32 Å². The molecule has 1 saturated heterocycles. The molecule has 0 aromatic heterocycles. The fourth-order valence-electron chi connectivity index (χ4n) is 2.44. The zero-order chi connectivity index (χ0) is 13.7. The third kappa shape index (κ3) is 4.03. The van der Waals surface area contributed by atoms with Crippen LogP contribution in [0.15, 0.2) is 24.3 Å². The molecule has 0 bridgehead atoms. The molecule has 1 fully saturated rings. The summed E-state index contributed by atoms with van der Waals surface area (Å²) in [5, 5.41) is 2.95. The van der Waals surface area contributed by atoms with Gasteiger partial charge in [0.25, 0.3) is 0 Å². The molecular formula is C14H22N2O2S. The molecular weight excluding hydrogens is 260 g/mol. The third-order valence-electron chi connectivity index (χ3n) is 3.68. The number of sulfonamides is 1. The van der Waals surface area contributed by atoms with E-state index < -0.39 is 10.0 Å². The Labute approximate surface area is 115 Å². The predicted molar refractivity (Wildman–Crippen MR) is 77.7 cm³/mol. The van der Waals surface area contributed by atoms with Crippen LogP contribution in [0, 0.1) is 6.92 Å². The van der Waals surface area contributed by atoms with Crippen LogP contribution in [0.5, 0.6) is 0 Å². The van der Waals surface area contributed by atoms with Gasteiger partial charge in [-0.05, 0) is 50.4 Å². The van der Waals surface area contributed by atoms with Crippen molar-refractivity contribution in [2.45, 2.75) is 31.4 Å². The number of piperidine rings is 1. The molecule has 4 nitrogen and oxygen atoms in total. The topological polar surface area (TPSA) is 58.2 Å². The van der Waals surface area contributed by atoms with Gasteiger partial charge in [-0.2, -0.15) is 0 Å². The van der Waals surface area contributed by atoms with E-state index in [-0.39, 0.29) is 5.25 Å². The molecule has 2 N–H and O–H groups in total. The summed E-state index contributed by atoms with van der Waals surface area (Å²) in [7, 11) is -3.16. The van der Waals surface area contributed by atoms with E-state index in [4.69, 9.17) is 0 Å². The van der Waals surface area contributed by atoms with Crippen molar-refractivity contribution >= 4 is 10.0 Å². The number of hydrogen-bond acceptors (Lipinski definition) is 3. The molecule has 2 rings (SSSR count). The van der Waals surface area contributed by atoms with Crippen molar-refractivity contribution in [2.75, 3.05) is 19.6 Å². The van der Waals surface area contributed by atoms with Crippen LogP contribution >= 0.6 is 0 Å². The monoisotopic (exact) mass is 282 g/mol. The largest absolute Gasteiger partial charge is 0.317 e. The Morgan fingerprint density at radius 3 is 2.63 bits per heavy atom. The molecule has 1 heterocycles. The van der Waals surface area contributed by atoms with E-state index >= 15 is 0 Å². The van der Waals surface area contributed by atoms with E-state index in [1.165, 1.54) is 11.1 Å². The zero-order valence-electron chi connectivity index (χ0n) is 11.4. The maximum absolute atomic E-state index is 12.1. The van der Waals surface area contributed by atoms with E-state index in [0.717, 1.165) is 19.5 Å². The SMILES string of the molecule is Cc1ccccc1CCNS(=O)(=O)C1CCNCC1. The van der Waals surface area contributed by atoms with Gasteiger partial charge in [0.15, 0.2) is 0 Å². The lowest BCUT2D eigenvalue weighted by molar-refractivity contribution is 0.489. The number of rotatable bonds is 5. The van der Waals surface area contributed by atoms with Crippen molar-refractivity contribution in [2.24, 2.45) is 0 Å². The second-order valence-corrected chi connectivity index (χ2v) is 7.11. The van der Waals surface area contributed by atoms with Gasteiger partial charge in [-0.1, -0.05) is 24.3 Å². The van der Waals surface area contributed by atoms with Crippen molar-refractivity contribution in [1.29, 1.82) is 0 Å². The van der Waals surface area contributed by atoms with E-state index in [1.54, 1.807) is 0 Å². The molecule has 19 heavy (non-hydrogen) atoms. The molecule has 106 valence electrons. The van der Waals surface area contributed by atoms with E-state index in [0.29, 0.717) is 19.4 Å². The Kier molecular flexibility index (Phi) is 4.96. The van der Waals surface area contributed by atoms with Crippen LogP contribution in [0.3, 0.4) is 0 Å². The van der Waals surface area contributed by atoms with Gasteiger partial charge in [0.2, 0.25) is 10.0 Å². The standard InChI is InChI=1S/C14H22N2O2S/c1-12-4-2-3-5-13(12)6-11-16-19(17,18)14-7-9-15-10-8-14/h2-5,14-16H,6-11H2,1H3. The van der Waals surface area contributed by atoms with Crippen molar-refractivity contribution < 1.29 is 8.42 Å². The second-order valence-electron chi connectivity index (χ2n) is 5.07. The summed E-state index contributed by atoms with van der Waals surface area (Å²) in [5.74, 6) is 0. The highest BCUT2D eigenvalue weighted by molar-refractivity contribution is 7.90.